The highest BCUT2D eigenvalue weighted by Gasteiger charge is 2.14. The summed E-state index contributed by atoms with van der Waals surface area (Å²) in [6, 6.07) is 7.32. The average Bonchev–Trinajstić information content (AvgIpc) is 2.99. The standard InChI is InChI=1S/C18H22N4O3S/c1-5-24-14-8-7-13(10-15(14)25-6-2)12(4)20-17-21-22-16(23)9-11(3)19-18(22)26-17/h7-10,12H,5-6H2,1-4H3,(H,20,21)/t12-/m0/s1. The van der Waals surface area contributed by atoms with E-state index in [-0.39, 0.29) is 11.6 Å². The molecule has 0 fully saturated rings. The number of fused-ring (bicyclic) bond motifs is 1. The Morgan fingerprint density at radius 3 is 2.65 bits per heavy atom. The molecule has 0 aliphatic heterocycles. The quantitative estimate of drug-likeness (QED) is 0.683. The van der Waals surface area contributed by atoms with Crippen molar-refractivity contribution in [3.8, 4) is 11.5 Å². The fourth-order valence-electron chi connectivity index (χ4n) is 2.58. The van der Waals surface area contributed by atoms with Crippen LogP contribution in [0.5, 0.6) is 11.5 Å². The average molecular weight is 374 g/mol. The van der Waals surface area contributed by atoms with Gasteiger partial charge in [0, 0.05) is 11.8 Å². The molecule has 1 atom stereocenters. The molecule has 0 amide bonds. The number of hydrogen-bond acceptors (Lipinski definition) is 7. The molecule has 1 aromatic carbocycles. The van der Waals surface area contributed by atoms with E-state index in [1.165, 1.54) is 21.9 Å². The Kier molecular flexibility index (Phi) is 5.41. The second-order valence-electron chi connectivity index (χ2n) is 5.78. The van der Waals surface area contributed by atoms with Gasteiger partial charge in [-0.3, -0.25) is 4.79 Å². The van der Waals surface area contributed by atoms with E-state index in [1.54, 1.807) is 6.92 Å². The zero-order valence-electron chi connectivity index (χ0n) is 15.3. The predicted molar refractivity (Wildman–Crippen MR) is 103 cm³/mol. The molecule has 26 heavy (non-hydrogen) atoms. The van der Waals surface area contributed by atoms with Crippen molar-refractivity contribution in [3.05, 3.63) is 45.9 Å². The van der Waals surface area contributed by atoms with Crippen molar-refractivity contribution in [2.75, 3.05) is 18.5 Å². The third kappa shape index (κ3) is 3.80. The van der Waals surface area contributed by atoms with Crippen LogP contribution >= 0.6 is 11.3 Å². The van der Waals surface area contributed by atoms with E-state index >= 15 is 0 Å². The van der Waals surface area contributed by atoms with Gasteiger partial charge in [0.15, 0.2) is 11.5 Å². The van der Waals surface area contributed by atoms with Crippen LogP contribution in [-0.2, 0) is 0 Å². The first kappa shape index (κ1) is 18.2. The molecule has 7 nitrogen and oxygen atoms in total. The number of rotatable bonds is 7. The molecule has 3 aromatic rings. The first-order valence-corrected chi connectivity index (χ1v) is 9.37. The molecule has 0 radical (unpaired) electrons. The summed E-state index contributed by atoms with van der Waals surface area (Å²) in [5, 5.41) is 8.28. The summed E-state index contributed by atoms with van der Waals surface area (Å²) in [5.41, 5.74) is 1.54. The molecule has 3 rings (SSSR count). The minimum Gasteiger partial charge on any atom is -0.490 e. The molecule has 0 spiro atoms. The molecule has 0 saturated heterocycles. The van der Waals surface area contributed by atoms with Crippen LogP contribution in [0.3, 0.4) is 0 Å². The predicted octanol–water partition coefficient (Wildman–Crippen LogP) is 3.43. The molecule has 0 bridgehead atoms. The van der Waals surface area contributed by atoms with Gasteiger partial charge in [-0.25, -0.2) is 4.98 Å². The van der Waals surface area contributed by atoms with Crippen molar-refractivity contribution in [2.45, 2.75) is 33.7 Å². The second kappa shape index (κ2) is 7.74. The number of anilines is 1. The fraction of sp³-hybridized carbons (Fsp3) is 0.389. The van der Waals surface area contributed by atoms with Crippen LogP contribution in [0.2, 0.25) is 0 Å². The molecular formula is C18H22N4O3S. The Balaban J connectivity index is 1.85. The van der Waals surface area contributed by atoms with Gasteiger partial charge in [-0.05, 0) is 45.4 Å². The highest BCUT2D eigenvalue weighted by Crippen LogP contribution is 2.32. The molecule has 138 valence electrons. The molecule has 0 unspecified atom stereocenters. The molecule has 1 N–H and O–H groups in total. The van der Waals surface area contributed by atoms with Crippen molar-refractivity contribution in [2.24, 2.45) is 0 Å². The zero-order chi connectivity index (χ0) is 18.7. The molecular weight excluding hydrogens is 352 g/mol. The number of benzene rings is 1. The van der Waals surface area contributed by atoms with Gasteiger partial charge < -0.3 is 14.8 Å². The van der Waals surface area contributed by atoms with Gasteiger partial charge in [0.25, 0.3) is 5.56 Å². The van der Waals surface area contributed by atoms with Gasteiger partial charge in [0.2, 0.25) is 10.1 Å². The van der Waals surface area contributed by atoms with Gasteiger partial charge in [0.05, 0.1) is 19.3 Å². The number of aryl methyl sites for hydroxylation is 1. The van der Waals surface area contributed by atoms with E-state index in [4.69, 9.17) is 9.47 Å². The lowest BCUT2D eigenvalue weighted by atomic mass is 10.1. The summed E-state index contributed by atoms with van der Waals surface area (Å²) >= 11 is 1.35. The number of ether oxygens (including phenoxy) is 2. The number of hydrogen-bond donors (Lipinski definition) is 1. The topological polar surface area (TPSA) is 77.8 Å². The van der Waals surface area contributed by atoms with Crippen LogP contribution in [0.15, 0.2) is 29.1 Å². The van der Waals surface area contributed by atoms with Crippen LogP contribution in [0.25, 0.3) is 4.96 Å². The van der Waals surface area contributed by atoms with Gasteiger partial charge in [-0.2, -0.15) is 4.52 Å². The number of aromatic nitrogens is 3. The first-order chi connectivity index (χ1) is 12.5. The second-order valence-corrected chi connectivity index (χ2v) is 6.73. The Morgan fingerprint density at radius 1 is 1.19 bits per heavy atom. The maximum atomic E-state index is 12.0. The highest BCUT2D eigenvalue weighted by molar-refractivity contribution is 7.20. The maximum absolute atomic E-state index is 12.0. The third-order valence-electron chi connectivity index (χ3n) is 3.78. The van der Waals surface area contributed by atoms with Gasteiger partial charge in [0.1, 0.15) is 0 Å². The third-order valence-corrected chi connectivity index (χ3v) is 4.62. The summed E-state index contributed by atoms with van der Waals surface area (Å²) in [5.74, 6) is 1.45. The monoisotopic (exact) mass is 374 g/mol. The molecule has 2 heterocycles. The van der Waals surface area contributed by atoms with Crippen molar-refractivity contribution < 1.29 is 9.47 Å². The number of nitrogens with zero attached hydrogens (tertiary/aromatic N) is 3. The molecule has 0 aliphatic carbocycles. The van der Waals surface area contributed by atoms with Crippen LogP contribution in [-0.4, -0.2) is 27.8 Å². The number of nitrogens with one attached hydrogen (secondary N) is 1. The van der Waals surface area contributed by atoms with Gasteiger partial charge >= 0.3 is 0 Å². The maximum Gasteiger partial charge on any atom is 0.275 e. The summed E-state index contributed by atoms with van der Waals surface area (Å²) < 4.78 is 12.6. The Labute approximate surface area is 155 Å². The normalized spacial score (nSPS) is 12.2. The minimum absolute atomic E-state index is 0.0257. The molecule has 8 heteroatoms. The van der Waals surface area contributed by atoms with E-state index in [0.29, 0.717) is 29.0 Å². The molecule has 0 aliphatic rings. The van der Waals surface area contributed by atoms with Crippen molar-refractivity contribution in [1.29, 1.82) is 0 Å². The van der Waals surface area contributed by atoms with Crippen LogP contribution in [0.4, 0.5) is 5.13 Å². The first-order valence-electron chi connectivity index (χ1n) is 8.55. The smallest absolute Gasteiger partial charge is 0.275 e. The van der Waals surface area contributed by atoms with E-state index in [1.807, 2.05) is 39.0 Å². The summed E-state index contributed by atoms with van der Waals surface area (Å²) in [6.45, 7) is 8.86. The Morgan fingerprint density at radius 2 is 1.92 bits per heavy atom. The lowest BCUT2D eigenvalue weighted by molar-refractivity contribution is 0.287. The summed E-state index contributed by atoms with van der Waals surface area (Å²) in [4.78, 5) is 16.9. The van der Waals surface area contributed by atoms with Gasteiger partial charge in [-0.15, -0.1) is 5.10 Å². The van der Waals surface area contributed by atoms with Crippen molar-refractivity contribution >= 4 is 21.4 Å². The van der Waals surface area contributed by atoms with Crippen LogP contribution < -0.4 is 20.3 Å². The SMILES string of the molecule is CCOc1ccc([C@H](C)Nc2nn3c(=O)cc(C)nc3s2)cc1OCC. The largest absolute Gasteiger partial charge is 0.490 e. The van der Waals surface area contributed by atoms with E-state index in [0.717, 1.165) is 17.1 Å². The van der Waals surface area contributed by atoms with E-state index in [9.17, 15) is 4.79 Å². The lowest BCUT2D eigenvalue weighted by Crippen LogP contribution is -2.15. The van der Waals surface area contributed by atoms with Gasteiger partial charge in [-0.1, -0.05) is 17.4 Å². The summed E-state index contributed by atoms with van der Waals surface area (Å²) in [6.07, 6.45) is 0. The van der Waals surface area contributed by atoms with Crippen molar-refractivity contribution in [3.63, 3.8) is 0 Å². The highest BCUT2D eigenvalue weighted by atomic mass is 32.1. The lowest BCUT2D eigenvalue weighted by Gasteiger charge is -2.16. The van der Waals surface area contributed by atoms with E-state index < -0.39 is 0 Å². The fourth-order valence-corrected chi connectivity index (χ4v) is 3.52. The van der Waals surface area contributed by atoms with Crippen LogP contribution in [0, 0.1) is 6.92 Å². The zero-order valence-corrected chi connectivity index (χ0v) is 16.1. The van der Waals surface area contributed by atoms with E-state index in [2.05, 4.69) is 15.4 Å². The Hall–Kier alpha value is -2.61. The molecule has 0 saturated carbocycles. The summed E-state index contributed by atoms with van der Waals surface area (Å²) in [7, 11) is 0. The minimum atomic E-state index is -0.177. The molecule has 2 aromatic heterocycles. The van der Waals surface area contributed by atoms with Crippen LogP contribution in [0.1, 0.15) is 38.1 Å². The van der Waals surface area contributed by atoms with Crippen molar-refractivity contribution in [1.82, 2.24) is 14.6 Å². The Bertz CT molecular complexity index is 967.